The number of benzene rings is 3. The number of alkyl halides is 3. The lowest BCUT2D eigenvalue weighted by atomic mass is 10.0. The molecule has 0 heterocycles. The molecule has 252 valence electrons. The highest BCUT2D eigenvalue weighted by Crippen LogP contribution is 2.37. The normalized spacial score (nSPS) is 11.1. The molecule has 0 aliphatic carbocycles. The lowest BCUT2D eigenvalue weighted by molar-refractivity contribution is -0.139. The van der Waals surface area contributed by atoms with E-state index in [4.69, 9.17) is 18.9 Å². The Morgan fingerprint density at radius 3 is 1.96 bits per heavy atom. The molecule has 0 unspecified atom stereocenters. The predicted molar refractivity (Wildman–Crippen MR) is 172 cm³/mol. The number of carbonyl (C=O) groups is 3. The van der Waals surface area contributed by atoms with Gasteiger partial charge in [0.05, 0.1) is 29.9 Å². The van der Waals surface area contributed by atoms with Gasteiger partial charge in [0.2, 0.25) is 0 Å². The van der Waals surface area contributed by atoms with Crippen molar-refractivity contribution in [3.63, 3.8) is 0 Å². The van der Waals surface area contributed by atoms with Crippen LogP contribution in [0.2, 0.25) is 0 Å². The van der Waals surface area contributed by atoms with Crippen LogP contribution < -0.4 is 14.2 Å². The Morgan fingerprint density at radius 2 is 1.30 bits per heavy atom. The molecule has 47 heavy (non-hydrogen) atoms. The first-order valence-electron chi connectivity index (χ1n) is 15.9. The fraction of sp³-hybridized carbons (Fsp3) is 0.378. The van der Waals surface area contributed by atoms with E-state index in [9.17, 15) is 27.6 Å². The predicted octanol–water partition coefficient (Wildman–Crippen LogP) is 9.33. The lowest BCUT2D eigenvalue weighted by Crippen LogP contribution is -2.16. The van der Waals surface area contributed by atoms with Gasteiger partial charge in [-0.1, -0.05) is 64.2 Å². The summed E-state index contributed by atoms with van der Waals surface area (Å²) in [5, 5.41) is 0. The van der Waals surface area contributed by atoms with Gasteiger partial charge in [-0.05, 0) is 85.8 Å². The summed E-state index contributed by atoms with van der Waals surface area (Å²) < 4.78 is 62.7. The highest BCUT2D eigenvalue weighted by Gasteiger charge is 2.36. The quantitative estimate of drug-likeness (QED) is 0.0551. The molecule has 0 saturated carbocycles. The van der Waals surface area contributed by atoms with Gasteiger partial charge in [0.1, 0.15) is 17.2 Å². The molecule has 7 nitrogen and oxygen atoms in total. The monoisotopic (exact) mass is 654 g/mol. The summed E-state index contributed by atoms with van der Waals surface area (Å²) in [6, 6.07) is 15.3. The summed E-state index contributed by atoms with van der Waals surface area (Å²) in [4.78, 5) is 36.4. The topological polar surface area (TPSA) is 88.1 Å². The van der Waals surface area contributed by atoms with Crippen molar-refractivity contribution in [2.24, 2.45) is 0 Å². The van der Waals surface area contributed by atoms with Crippen molar-refractivity contribution in [2.45, 2.75) is 77.3 Å². The summed E-state index contributed by atoms with van der Waals surface area (Å²) in [5.41, 5.74) is -0.541. The molecule has 0 aliphatic rings. The summed E-state index contributed by atoms with van der Waals surface area (Å²) in [6.45, 7) is 6.06. The fourth-order valence-electron chi connectivity index (χ4n) is 4.62. The van der Waals surface area contributed by atoms with E-state index in [-0.39, 0.29) is 23.5 Å². The average Bonchev–Trinajstić information content (AvgIpc) is 3.06. The number of aryl methyl sites for hydroxylation is 1. The maximum Gasteiger partial charge on any atom is 0.420 e. The molecule has 0 saturated heterocycles. The van der Waals surface area contributed by atoms with Crippen molar-refractivity contribution >= 4 is 17.9 Å². The Morgan fingerprint density at radius 1 is 0.702 bits per heavy atom. The number of ether oxygens (including phenoxy) is 4. The number of carbonyl (C=O) groups excluding carboxylic acids is 3. The Labute approximate surface area is 273 Å². The minimum Gasteiger partial charge on any atom is -0.494 e. The molecule has 0 radical (unpaired) electrons. The van der Waals surface area contributed by atoms with Crippen LogP contribution in [0.5, 0.6) is 17.2 Å². The molecule has 3 rings (SSSR count). The Bertz CT molecular complexity index is 1450. The van der Waals surface area contributed by atoms with E-state index in [0.29, 0.717) is 31.3 Å². The molecular weight excluding hydrogens is 613 g/mol. The van der Waals surface area contributed by atoms with Crippen LogP contribution in [0.4, 0.5) is 13.2 Å². The smallest absolute Gasteiger partial charge is 0.420 e. The Kier molecular flexibility index (Phi) is 15.0. The van der Waals surface area contributed by atoms with Crippen molar-refractivity contribution in [1.29, 1.82) is 0 Å². The highest BCUT2D eigenvalue weighted by molar-refractivity contribution is 5.93. The highest BCUT2D eigenvalue weighted by atomic mass is 19.4. The van der Waals surface area contributed by atoms with E-state index in [2.05, 4.69) is 13.5 Å². The van der Waals surface area contributed by atoms with Gasteiger partial charge < -0.3 is 18.9 Å². The lowest BCUT2D eigenvalue weighted by Gasteiger charge is -2.14. The third kappa shape index (κ3) is 13.0. The maximum absolute atomic E-state index is 13.9. The Balaban J connectivity index is 1.53. The van der Waals surface area contributed by atoms with Gasteiger partial charge in [-0.25, -0.2) is 14.4 Å². The fourth-order valence-corrected chi connectivity index (χ4v) is 4.62. The molecule has 3 aromatic rings. The van der Waals surface area contributed by atoms with Gasteiger partial charge in [-0.2, -0.15) is 13.2 Å². The molecule has 0 atom stereocenters. The average molecular weight is 655 g/mol. The summed E-state index contributed by atoms with van der Waals surface area (Å²) in [6.07, 6.45) is 6.65. The zero-order valence-electron chi connectivity index (χ0n) is 26.6. The zero-order valence-corrected chi connectivity index (χ0v) is 26.6. The van der Waals surface area contributed by atoms with E-state index in [1.165, 1.54) is 56.4 Å². The van der Waals surface area contributed by atoms with Gasteiger partial charge in [0.15, 0.2) is 0 Å². The number of hydrogen-bond acceptors (Lipinski definition) is 7. The third-order valence-corrected chi connectivity index (χ3v) is 7.23. The van der Waals surface area contributed by atoms with Gasteiger partial charge in [0, 0.05) is 6.08 Å². The van der Waals surface area contributed by atoms with Crippen LogP contribution in [-0.4, -0.2) is 31.1 Å². The molecule has 0 spiro atoms. The largest absolute Gasteiger partial charge is 0.494 e. The maximum atomic E-state index is 13.9. The third-order valence-electron chi connectivity index (χ3n) is 7.23. The molecular formula is C37H41F3O7. The van der Waals surface area contributed by atoms with Crippen molar-refractivity contribution in [1.82, 2.24) is 0 Å². The van der Waals surface area contributed by atoms with Crippen LogP contribution >= 0.6 is 0 Å². The van der Waals surface area contributed by atoms with Crippen LogP contribution in [0.15, 0.2) is 79.4 Å². The molecule has 0 aliphatic heterocycles. The van der Waals surface area contributed by atoms with Crippen molar-refractivity contribution in [3.8, 4) is 17.2 Å². The number of hydrogen-bond donors (Lipinski definition) is 0. The zero-order chi connectivity index (χ0) is 34.1. The number of rotatable bonds is 19. The van der Waals surface area contributed by atoms with Gasteiger partial charge in [-0.15, -0.1) is 0 Å². The summed E-state index contributed by atoms with van der Waals surface area (Å²) in [5.74, 6) is -2.58. The first-order chi connectivity index (χ1) is 22.6. The van der Waals surface area contributed by atoms with Crippen molar-refractivity contribution < 1.29 is 46.5 Å². The van der Waals surface area contributed by atoms with Crippen molar-refractivity contribution in [3.05, 3.63) is 102 Å². The Hall–Kier alpha value is -4.60. The van der Waals surface area contributed by atoms with Crippen LogP contribution in [0.25, 0.3) is 0 Å². The number of unbranched alkanes of at least 4 members (excludes halogenated alkanes) is 7. The molecule has 10 heteroatoms. The van der Waals surface area contributed by atoms with Crippen LogP contribution in [-0.2, 0) is 22.1 Å². The number of halogens is 3. The molecule has 0 bridgehead atoms. The first-order valence-corrected chi connectivity index (χ1v) is 15.9. The van der Waals surface area contributed by atoms with Gasteiger partial charge in [0.25, 0.3) is 0 Å². The van der Waals surface area contributed by atoms with E-state index in [0.717, 1.165) is 43.0 Å². The van der Waals surface area contributed by atoms with E-state index >= 15 is 0 Å². The van der Waals surface area contributed by atoms with Crippen LogP contribution in [0, 0.1) is 0 Å². The minimum atomic E-state index is -4.91. The van der Waals surface area contributed by atoms with E-state index in [1.54, 1.807) is 12.1 Å². The molecule has 0 aromatic heterocycles. The second-order valence-electron chi connectivity index (χ2n) is 11.0. The number of esters is 3. The second-order valence-corrected chi connectivity index (χ2v) is 11.0. The van der Waals surface area contributed by atoms with Crippen LogP contribution in [0.3, 0.4) is 0 Å². The SMILES string of the molecule is C=CC(=O)OCCCCOc1ccc(C(=O)Oc2ccc(C(=O)Oc3ccc(CCCCCCCCC)cc3)cc2C(F)(F)F)cc1. The molecule has 3 aromatic carbocycles. The molecule has 0 fully saturated rings. The van der Waals surface area contributed by atoms with Gasteiger partial charge >= 0.3 is 24.1 Å². The van der Waals surface area contributed by atoms with Crippen LogP contribution in [0.1, 0.15) is 96.6 Å². The van der Waals surface area contributed by atoms with E-state index in [1.807, 2.05) is 12.1 Å². The van der Waals surface area contributed by atoms with Gasteiger partial charge in [-0.3, -0.25) is 0 Å². The first kappa shape index (κ1) is 36.9. The summed E-state index contributed by atoms with van der Waals surface area (Å²) >= 11 is 0. The minimum absolute atomic E-state index is 0.000666. The standard InChI is InChI=1S/C37H41F3O7/c1-3-5-6-7-8-9-10-13-27-14-19-31(20-15-27)46-36(43)29-18-23-33(32(26-29)37(38,39)40)47-35(42)28-16-21-30(22-17-28)44-24-11-12-25-45-34(41)4-2/h4,14-23,26H,2-3,5-13,24-25H2,1H3. The summed E-state index contributed by atoms with van der Waals surface area (Å²) in [7, 11) is 0. The second kappa shape index (κ2) is 19.2. The molecule has 0 N–H and O–H groups in total. The van der Waals surface area contributed by atoms with E-state index < -0.39 is 35.4 Å². The van der Waals surface area contributed by atoms with Crippen molar-refractivity contribution in [2.75, 3.05) is 13.2 Å². The molecule has 0 amide bonds.